The number of anilines is 1. The lowest BCUT2D eigenvalue weighted by molar-refractivity contribution is 0.329. The van der Waals surface area contributed by atoms with E-state index >= 15 is 0 Å². The van der Waals surface area contributed by atoms with Crippen LogP contribution in [0.1, 0.15) is 5.56 Å². The van der Waals surface area contributed by atoms with Gasteiger partial charge in [-0.25, -0.2) is 0 Å². The van der Waals surface area contributed by atoms with Gasteiger partial charge in [0, 0.05) is 5.56 Å². The van der Waals surface area contributed by atoms with Crippen molar-refractivity contribution in [3.8, 4) is 17.6 Å². The van der Waals surface area contributed by atoms with Gasteiger partial charge >= 0.3 is 0 Å². The molecule has 102 valence electrons. The molecule has 0 spiro atoms. The van der Waals surface area contributed by atoms with Gasteiger partial charge < -0.3 is 15.2 Å². The molecule has 0 bridgehead atoms. The van der Waals surface area contributed by atoms with Gasteiger partial charge in [-0.1, -0.05) is 16.0 Å². The summed E-state index contributed by atoms with van der Waals surface area (Å²) >= 11 is 0. The summed E-state index contributed by atoms with van der Waals surface area (Å²) in [6.07, 6.45) is 1.46. The molecule has 2 aromatic rings. The first-order valence-electron chi connectivity index (χ1n) is 5.51. The van der Waals surface area contributed by atoms with E-state index in [1.54, 1.807) is 18.2 Å². The minimum Gasteiger partial charge on any atom is -0.493 e. The van der Waals surface area contributed by atoms with Crippen molar-refractivity contribution in [3.63, 3.8) is 0 Å². The molecule has 0 aliphatic carbocycles. The maximum atomic E-state index is 8.60. The Hall–Kier alpha value is -3.15. The van der Waals surface area contributed by atoms with Gasteiger partial charge in [0.25, 0.3) is 5.95 Å². The second kappa shape index (κ2) is 6.14. The molecule has 0 fully saturated rings. The number of ether oxygens (including phenoxy) is 2. The van der Waals surface area contributed by atoms with Crippen molar-refractivity contribution < 1.29 is 9.47 Å². The van der Waals surface area contributed by atoms with Crippen LogP contribution in [-0.4, -0.2) is 40.2 Å². The molecule has 20 heavy (non-hydrogen) atoms. The van der Waals surface area contributed by atoms with E-state index in [2.05, 4.69) is 20.6 Å². The van der Waals surface area contributed by atoms with Crippen molar-refractivity contribution in [1.82, 2.24) is 20.3 Å². The number of nitriles is 1. The first kappa shape index (κ1) is 13.3. The van der Waals surface area contributed by atoms with Gasteiger partial charge in [-0.15, -0.1) is 0 Å². The Morgan fingerprint density at radius 3 is 3.05 bits per heavy atom. The lowest BCUT2D eigenvalue weighted by Crippen LogP contribution is -2.02. The number of hydrogen-bond donors (Lipinski definition) is 1. The Bertz CT molecular complexity index is 659. The maximum Gasteiger partial charge on any atom is 0.263 e. The highest BCUT2D eigenvalue weighted by Gasteiger charge is 2.09. The molecule has 0 saturated carbocycles. The Morgan fingerprint density at radius 1 is 1.55 bits per heavy atom. The predicted octanol–water partition coefficient (Wildman–Crippen LogP) is 0.0485. The van der Waals surface area contributed by atoms with E-state index < -0.39 is 0 Å². The second-order valence-corrected chi connectivity index (χ2v) is 3.50. The van der Waals surface area contributed by atoms with Crippen LogP contribution < -0.4 is 15.2 Å². The molecule has 0 saturated heterocycles. The Kier molecular flexibility index (Phi) is 4.08. The zero-order valence-corrected chi connectivity index (χ0v) is 10.6. The van der Waals surface area contributed by atoms with Gasteiger partial charge in [0.05, 0.1) is 13.3 Å². The molecule has 0 unspecified atom stereocenters. The van der Waals surface area contributed by atoms with E-state index in [4.69, 9.17) is 20.5 Å². The fraction of sp³-hybridized carbons (Fsp3) is 0.182. The average Bonchev–Trinajstić information content (AvgIpc) is 2.88. The van der Waals surface area contributed by atoms with Crippen molar-refractivity contribution in [2.75, 3.05) is 19.5 Å². The van der Waals surface area contributed by atoms with Crippen LogP contribution in [0.15, 0.2) is 23.3 Å². The van der Waals surface area contributed by atoms with Gasteiger partial charge in [0.15, 0.2) is 18.1 Å². The van der Waals surface area contributed by atoms with Crippen LogP contribution in [0.25, 0.3) is 0 Å². The van der Waals surface area contributed by atoms with Crippen molar-refractivity contribution in [2.24, 2.45) is 5.10 Å². The van der Waals surface area contributed by atoms with Gasteiger partial charge in [-0.3, -0.25) is 0 Å². The van der Waals surface area contributed by atoms with Crippen LogP contribution in [0.5, 0.6) is 11.5 Å². The molecule has 1 heterocycles. The molecular formula is C11H11N7O2. The zero-order chi connectivity index (χ0) is 14.4. The SMILES string of the molecule is COc1cccc(/C=N/n2nnnc2N)c1OCC#N. The standard InChI is InChI=1S/C11H11N7O2/c1-19-9-4-2-3-8(10(9)20-6-5-12)7-14-18-11(13)15-16-17-18/h2-4,7H,6H2,1H3,(H2,13,15,17)/b14-7+. The first-order valence-corrected chi connectivity index (χ1v) is 5.51. The summed E-state index contributed by atoms with van der Waals surface area (Å²) in [7, 11) is 1.51. The molecule has 1 aromatic carbocycles. The van der Waals surface area contributed by atoms with E-state index in [1.165, 1.54) is 13.3 Å². The third-order valence-electron chi connectivity index (χ3n) is 2.29. The summed E-state index contributed by atoms with van der Waals surface area (Å²) in [5.41, 5.74) is 6.10. The molecular weight excluding hydrogens is 262 g/mol. The highest BCUT2D eigenvalue weighted by Crippen LogP contribution is 2.29. The summed E-state index contributed by atoms with van der Waals surface area (Å²) < 4.78 is 10.5. The minimum atomic E-state index is -0.103. The summed E-state index contributed by atoms with van der Waals surface area (Å²) in [6, 6.07) is 7.13. The van der Waals surface area contributed by atoms with Crippen molar-refractivity contribution in [1.29, 1.82) is 5.26 Å². The third-order valence-corrected chi connectivity index (χ3v) is 2.29. The van der Waals surface area contributed by atoms with Crippen LogP contribution in [0.3, 0.4) is 0 Å². The highest BCUT2D eigenvalue weighted by molar-refractivity contribution is 5.85. The molecule has 0 aliphatic rings. The Morgan fingerprint density at radius 2 is 2.40 bits per heavy atom. The van der Waals surface area contributed by atoms with E-state index in [-0.39, 0.29) is 12.6 Å². The van der Waals surface area contributed by atoms with E-state index in [0.717, 1.165) is 4.79 Å². The number of tetrazole rings is 1. The monoisotopic (exact) mass is 273 g/mol. The van der Waals surface area contributed by atoms with Crippen LogP contribution in [0, 0.1) is 11.3 Å². The van der Waals surface area contributed by atoms with Crippen LogP contribution in [-0.2, 0) is 0 Å². The molecule has 0 atom stereocenters. The number of rotatable bonds is 5. The Labute approximate surface area is 114 Å². The molecule has 2 rings (SSSR count). The number of aromatic nitrogens is 4. The lowest BCUT2D eigenvalue weighted by atomic mass is 10.2. The minimum absolute atomic E-state index is 0.0589. The molecule has 9 nitrogen and oxygen atoms in total. The number of nitrogen functional groups attached to an aromatic ring is 1. The van der Waals surface area contributed by atoms with Crippen LogP contribution in [0.4, 0.5) is 5.95 Å². The zero-order valence-electron chi connectivity index (χ0n) is 10.6. The van der Waals surface area contributed by atoms with Gasteiger partial charge in [0.2, 0.25) is 0 Å². The van der Waals surface area contributed by atoms with E-state index in [9.17, 15) is 0 Å². The number of methoxy groups -OCH3 is 1. The fourth-order valence-corrected chi connectivity index (χ4v) is 1.44. The lowest BCUT2D eigenvalue weighted by Gasteiger charge is -2.10. The number of benzene rings is 1. The maximum absolute atomic E-state index is 8.60. The van der Waals surface area contributed by atoms with Crippen LogP contribution >= 0.6 is 0 Å². The summed E-state index contributed by atoms with van der Waals surface area (Å²) in [5.74, 6) is 0.962. The average molecular weight is 273 g/mol. The Balaban J connectivity index is 2.33. The summed E-state index contributed by atoms with van der Waals surface area (Å²) in [6.45, 7) is -0.103. The topological polar surface area (TPSA) is 124 Å². The predicted molar refractivity (Wildman–Crippen MR) is 69.3 cm³/mol. The largest absolute Gasteiger partial charge is 0.493 e. The fourth-order valence-electron chi connectivity index (χ4n) is 1.44. The van der Waals surface area contributed by atoms with Gasteiger partial charge in [-0.05, 0) is 22.6 Å². The molecule has 0 amide bonds. The van der Waals surface area contributed by atoms with Crippen molar-refractivity contribution >= 4 is 12.2 Å². The van der Waals surface area contributed by atoms with E-state index in [1.807, 2.05) is 6.07 Å². The first-order chi connectivity index (χ1) is 9.76. The smallest absolute Gasteiger partial charge is 0.263 e. The normalized spacial score (nSPS) is 10.4. The van der Waals surface area contributed by atoms with Gasteiger partial charge in [0.1, 0.15) is 6.07 Å². The molecule has 9 heteroatoms. The molecule has 0 aliphatic heterocycles. The number of hydrogen-bond acceptors (Lipinski definition) is 8. The second-order valence-electron chi connectivity index (χ2n) is 3.50. The molecule has 1 aromatic heterocycles. The summed E-state index contributed by atoms with van der Waals surface area (Å²) in [4.78, 5) is 1.06. The third kappa shape index (κ3) is 2.81. The van der Waals surface area contributed by atoms with Crippen molar-refractivity contribution in [3.05, 3.63) is 23.8 Å². The summed E-state index contributed by atoms with van der Waals surface area (Å²) in [5, 5.41) is 23.0. The number of nitrogens with zero attached hydrogens (tertiary/aromatic N) is 6. The quantitative estimate of drug-likeness (QED) is 0.763. The number of para-hydroxylation sites is 1. The van der Waals surface area contributed by atoms with E-state index in [0.29, 0.717) is 17.1 Å². The highest BCUT2D eigenvalue weighted by atomic mass is 16.5. The molecule has 2 N–H and O–H groups in total. The van der Waals surface area contributed by atoms with Gasteiger partial charge in [-0.2, -0.15) is 10.4 Å². The van der Waals surface area contributed by atoms with Crippen LogP contribution in [0.2, 0.25) is 0 Å². The molecule has 0 radical (unpaired) electrons. The number of nitrogens with two attached hydrogens (primary N) is 1. The van der Waals surface area contributed by atoms with Crippen molar-refractivity contribution in [2.45, 2.75) is 0 Å².